The molecular formula is C8H8N4O2. The van der Waals surface area contributed by atoms with Gasteiger partial charge in [-0.05, 0) is 12.1 Å². The number of hydrogen-bond acceptors (Lipinski definition) is 6. The maximum Gasteiger partial charge on any atom is 0.231 e. The third-order valence-electron chi connectivity index (χ3n) is 0.885. The number of isocyanates is 2. The molecule has 0 aliphatic rings. The van der Waals surface area contributed by atoms with Gasteiger partial charge in [-0.2, -0.15) is 5.11 Å². The monoisotopic (exact) mass is 192 g/mol. The lowest BCUT2D eigenvalue weighted by molar-refractivity contribution is 0.562. The molecule has 14 heavy (non-hydrogen) atoms. The van der Waals surface area contributed by atoms with Crippen LogP contribution >= 0.6 is 0 Å². The van der Waals surface area contributed by atoms with Gasteiger partial charge in [0, 0.05) is 0 Å². The summed E-state index contributed by atoms with van der Waals surface area (Å²) in [6.45, 7) is 0. The molecule has 6 heteroatoms. The fraction of sp³-hybridized carbons (Fsp3) is 0. The highest BCUT2D eigenvalue weighted by Gasteiger charge is 1.78. The van der Waals surface area contributed by atoms with Crippen molar-refractivity contribution in [3.05, 3.63) is 30.3 Å². The molecule has 0 saturated heterocycles. The maximum atomic E-state index is 8.35. The van der Waals surface area contributed by atoms with Gasteiger partial charge in [0.1, 0.15) is 0 Å². The summed E-state index contributed by atoms with van der Waals surface area (Å²) < 4.78 is 0. The number of benzene rings is 1. The van der Waals surface area contributed by atoms with Crippen LogP contribution in [0, 0.1) is 16.3 Å². The highest BCUT2D eigenvalue weighted by atomic mass is 16.1. The third-order valence-corrected chi connectivity index (χ3v) is 0.885. The molecule has 3 N–H and O–H groups in total. The number of carbonyl (C=O) groups excluding carboxylic acids is 2. The van der Waals surface area contributed by atoms with Crippen molar-refractivity contribution < 1.29 is 9.59 Å². The molecule has 1 aromatic rings. The van der Waals surface area contributed by atoms with Crippen LogP contribution in [0.25, 0.3) is 0 Å². The Hall–Kier alpha value is -2.42. The highest BCUT2D eigenvalue weighted by molar-refractivity contribution is 5.34. The first-order valence-corrected chi connectivity index (χ1v) is 3.27. The molecule has 0 radical (unpaired) electrons. The summed E-state index contributed by atoms with van der Waals surface area (Å²) in [4.78, 5) is 16.7. The van der Waals surface area contributed by atoms with E-state index < -0.39 is 0 Å². The summed E-state index contributed by atoms with van der Waals surface area (Å²) in [5, 5.41) is 14.0. The summed E-state index contributed by atoms with van der Waals surface area (Å²) in [5.41, 5.74) is 7.27. The van der Waals surface area contributed by atoms with Crippen LogP contribution < -0.4 is 0 Å². The van der Waals surface area contributed by atoms with E-state index in [-0.39, 0.29) is 0 Å². The SMILES string of the molecule is N=C=O.N=C=O.N=Nc1ccccc1. The zero-order chi connectivity index (χ0) is 11.2. The first kappa shape index (κ1) is 14.1. The molecule has 0 aromatic heterocycles. The predicted octanol–water partition coefficient (Wildman–Crippen LogP) is 2.15. The molecule has 0 aliphatic heterocycles. The van der Waals surface area contributed by atoms with Crippen molar-refractivity contribution in [2.45, 2.75) is 0 Å². The average Bonchev–Trinajstić information content (AvgIpc) is 2.21. The second-order valence-corrected chi connectivity index (χ2v) is 1.65. The highest BCUT2D eigenvalue weighted by Crippen LogP contribution is 2.07. The molecule has 0 aliphatic carbocycles. The lowest BCUT2D eigenvalue weighted by atomic mass is 10.3. The fourth-order valence-electron chi connectivity index (χ4n) is 0.503. The molecule has 1 rings (SSSR count). The second-order valence-electron chi connectivity index (χ2n) is 1.65. The normalized spacial score (nSPS) is 6.00. The Morgan fingerprint density at radius 2 is 1.36 bits per heavy atom. The van der Waals surface area contributed by atoms with Gasteiger partial charge in [-0.15, -0.1) is 0 Å². The zero-order valence-corrected chi connectivity index (χ0v) is 7.15. The van der Waals surface area contributed by atoms with E-state index >= 15 is 0 Å². The Bertz CT molecular complexity index is 299. The van der Waals surface area contributed by atoms with Crippen LogP contribution in [0.1, 0.15) is 0 Å². The molecule has 0 saturated carbocycles. The van der Waals surface area contributed by atoms with E-state index in [4.69, 9.17) is 25.9 Å². The zero-order valence-electron chi connectivity index (χ0n) is 7.15. The van der Waals surface area contributed by atoms with E-state index in [1.807, 2.05) is 18.2 Å². The number of rotatable bonds is 1. The molecule has 0 heterocycles. The van der Waals surface area contributed by atoms with E-state index in [1.54, 1.807) is 12.1 Å². The standard InChI is InChI=1S/C6H6N2.2CHNO/c7-8-6-4-2-1-3-5-6;2*2-1-3/h1-5,7H;2*2H. The molecule has 0 fully saturated rings. The molecule has 0 bridgehead atoms. The summed E-state index contributed by atoms with van der Waals surface area (Å²) >= 11 is 0. The van der Waals surface area contributed by atoms with Crippen molar-refractivity contribution in [3.8, 4) is 0 Å². The summed E-state index contributed by atoms with van der Waals surface area (Å²) in [5.74, 6) is 0. The Labute approximate surface area is 80.1 Å². The van der Waals surface area contributed by atoms with Crippen LogP contribution in [0.15, 0.2) is 35.4 Å². The van der Waals surface area contributed by atoms with Crippen LogP contribution in [0.2, 0.25) is 0 Å². The van der Waals surface area contributed by atoms with Crippen molar-refractivity contribution in [1.82, 2.24) is 0 Å². The van der Waals surface area contributed by atoms with Gasteiger partial charge in [0.05, 0.1) is 5.69 Å². The molecule has 0 amide bonds. The van der Waals surface area contributed by atoms with Crippen molar-refractivity contribution in [1.29, 1.82) is 16.3 Å². The van der Waals surface area contributed by atoms with E-state index in [1.165, 1.54) is 0 Å². The number of nitrogens with zero attached hydrogens (tertiary/aromatic N) is 1. The minimum atomic E-state index is 0.701. The topological polar surface area (TPSA) is 118 Å². The van der Waals surface area contributed by atoms with Crippen molar-refractivity contribution in [3.63, 3.8) is 0 Å². The summed E-state index contributed by atoms with van der Waals surface area (Å²) in [7, 11) is 0. The Morgan fingerprint density at radius 3 is 1.57 bits per heavy atom. The van der Waals surface area contributed by atoms with Gasteiger partial charge in [0.2, 0.25) is 12.2 Å². The lowest BCUT2D eigenvalue weighted by Crippen LogP contribution is -1.56. The molecule has 0 atom stereocenters. The Morgan fingerprint density at radius 1 is 1.00 bits per heavy atom. The van der Waals surface area contributed by atoms with Crippen LogP contribution in [0.3, 0.4) is 0 Å². The molecule has 0 spiro atoms. The number of hydrogen-bond donors (Lipinski definition) is 3. The Kier molecular flexibility index (Phi) is 13.3. The van der Waals surface area contributed by atoms with E-state index in [9.17, 15) is 0 Å². The smallest absolute Gasteiger partial charge is 0.222 e. The molecular weight excluding hydrogens is 184 g/mol. The third kappa shape index (κ3) is 12.3. The molecule has 6 nitrogen and oxygen atoms in total. The van der Waals surface area contributed by atoms with Crippen LogP contribution in [-0.4, -0.2) is 12.2 Å². The first-order valence-electron chi connectivity index (χ1n) is 3.27. The quantitative estimate of drug-likeness (QED) is 0.359. The van der Waals surface area contributed by atoms with E-state index in [2.05, 4.69) is 5.11 Å². The number of nitrogens with one attached hydrogen (secondary N) is 3. The summed E-state index contributed by atoms with van der Waals surface area (Å²) in [6, 6.07) is 9.18. The average molecular weight is 192 g/mol. The van der Waals surface area contributed by atoms with Gasteiger partial charge in [-0.1, -0.05) is 18.2 Å². The van der Waals surface area contributed by atoms with Crippen LogP contribution in [-0.2, 0) is 9.59 Å². The van der Waals surface area contributed by atoms with Gasteiger partial charge in [-0.3, -0.25) is 0 Å². The minimum absolute atomic E-state index is 0.701. The fourth-order valence-corrected chi connectivity index (χ4v) is 0.503. The molecule has 72 valence electrons. The van der Waals surface area contributed by atoms with Gasteiger partial charge in [0.15, 0.2) is 0 Å². The predicted molar refractivity (Wildman–Crippen MR) is 48.1 cm³/mol. The van der Waals surface area contributed by atoms with Gasteiger partial charge < -0.3 is 0 Å². The van der Waals surface area contributed by atoms with E-state index in [0.717, 1.165) is 12.2 Å². The first-order chi connectivity index (χ1) is 6.76. The second kappa shape index (κ2) is 13.2. The van der Waals surface area contributed by atoms with Gasteiger partial charge in [-0.25, -0.2) is 25.9 Å². The van der Waals surface area contributed by atoms with Gasteiger partial charge >= 0.3 is 0 Å². The summed E-state index contributed by atoms with van der Waals surface area (Å²) in [6.07, 6.45) is 1.50. The van der Waals surface area contributed by atoms with Crippen molar-refractivity contribution in [2.24, 2.45) is 5.11 Å². The van der Waals surface area contributed by atoms with Gasteiger partial charge in [0.25, 0.3) is 0 Å². The largest absolute Gasteiger partial charge is 0.231 e. The molecule has 1 aromatic carbocycles. The lowest BCUT2D eigenvalue weighted by Gasteiger charge is -1.83. The van der Waals surface area contributed by atoms with E-state index in [0.29, 0.717) is 5.69 Å². The minimum Gasteiger partial charge on any atom is -0.222 e. The van der Waals surface area contributed by atoms with Crippen molar-refractivity contribution >= 4 is 17.8 Å². The molecule has 0 unspecified atom stereocenters. The number of para-hydroxylation sites is 1. The van der Waals surface area contributed by atoms with Crippen LogP contribution in [0.4, 0.5) is 5.69 Å². The van der Waals surface area contributed by atoms with Crippen LogP contribution in [0.5, 0.6) is 0 Å². The maximum absolute atomic E-state index is 8.35. The Balaban J connectivity index is 0. The van der Waals surface area contributed by atoms with Crippen molar-refractivity contribution in [2.75, 3.05) is 0 Å².